The van der Waals surface area contributed by atoms with Gasteiger partial charge in [0.2, 0.25) is 5.88 Å². The van der Waals surface area contributed by atoms with Gasteiger partial charge >= 0.3 is 0 Å². The molecule has 0 saturated carbocycles. The Hall–Kier alpha value is -5.41. The minimum Gasteiger partial charge on any atom is -0.474 e. The number of allylic oxidation sites excluding steroid dienone is 1. The summed E-state index contributed by atoms with van der Waals surface area (Å²) in [5.74, 6) is -0.295. The first kappa shape index (κ1) is 47.6. The number of hydrogen-bond acceptors (Lipinski definition) is 14. The lowest BCUT2D eigenvalue weighted by atomic mass is 9.72. The average Bonchev–Trinajstić information content (AvgIpc) is 3.78. The van der Waals surface area contributed by atoms with Crippen molar-refractivity contribution in [1.82, 2.24) is 19.6 Å². The Kier molecular flexibility index (Phi) is 13.4. The SMILES string of the molecule is C[SH]1CC(O)C(O)C(O)C1CNc1ccc(S(=O)(=O)NC(=O)c2ccc(N3CCN(CC4=C(c5ccc(Cl)cc5)CC(C)(C)CC4)CC3)cc2N2CCOc3nc4[nH]ccc4cc32)cc1[N+](=O)[O-]. The molecule has 2 saturated heterocycles. The van der Waals surface area contributed by atoms with Crippen LogP contribution < -0.4 is 24.6 Å². The summed E-state index contributed by atoms with van der Waals surface area (Å²) in [4.78, 5) is 39.9. The fourth-order valence-electron chi connectivity index (χ4n) is 9.85. The summed E-state index contributed by atoms with van der Waals surface area (Å²) in [5.41, 5.74) is 6.29. The Labute approximate surface area is 402 Å². The number of pyridine rings is 1. The van der Waals surface area contributed by atoms with E-state index in [1.165, 1.54) is 22.8 Å². The molecule has 3 aromatic carbocycles. The lowest BCUT2D eigenvalue weighted by molar-refractivity contribution is -0.384. The number of ether oxygens (including phenoxy) is 1. The molecule has 1 amide bonds. The van der Waals surface area contributed by atoms with Gasteiger partial charge < -0.3 is 40.2 Å². The number of nitro benzene ring substituents is 1. The second-order valence-electron chi connectivity index (χ2n) is 18.9. The molecule has 5 aromatic rings. The van der Waals surface area contributed by atoms with Crippen LogP contribution in [-0.2, 0) is 10.0 Å². The number of piperazine rings is 1. The average molecular weight is 990 g/mol. The number of aliphatic hydroxyl groups excluding tert-OH is 3. The molecule has 3 aliphatic heterocycles. The van der Waals surface area contributed by atoms with E-state index < -0.39 is 65.9 Å². The van der Waals surface area contributed by atoms with E-state index in [4.69, 9.17) is 16.3 Å². The van der Waals surface area contributed by atoms with Gasteiger partial charge in [0.1, 0.15) is 29.7 Å². The zero-order chi connectivity index (χ0) is 48.1. The van der Waals surface area contributed by atoms with Crippen LogP contribution in [0, 0.1) is 15.5 Å². The molecule has 0 radical (unpaired) electrons. The highest BCUT2D eigenvalue weighted by Gasteiger charge is 2.40. The van der Waals surface area contributed by atoms with Crippen molar-refractivity contribution < 1.29 is 38.2 Å². The van der Waals surface area contributed by atoms with Gasteiger partial charge in [0.25, 0.3) is 21.6 Å². The number of halogens is 1. The molecule has 362 valence electrons. The highest BCUT2D eigenvalue weighted by Crippen LogP contribution is 2.45. The number of rotatable bonds is 12. The molecule has 2 fully saturated rings. The van der Waals surface area contributed by atoms with Crippen LogP contribution in [0.5, 0.6) is 5.88 Å². The number of amides is 1. The number of hydrogen-bond donors (Lipinski definition) is 7. The Morgan fingerprint density at radius 3 is 2.51 bits per heavy atom. The Bertz CT molecular complexity index is 2870. The molecule has 6 N–H and O–H groups in total. The zero-order valence-corrected chi connectivity index (χ0v) is 40.5. The summed E-state index contributed by atoms with van der Waals surface area (Å²) in [7, 11) is -5.62. The van der Waals surface area contributed by atoms with Crippen LogP contribution in [0.4, 0.5) is 28.4 Å². The molecule has 5 heterocycles. The first-order chi connectivity index (χ1) is 32.4. The number of carbonyl (C=O) groups excluding carboxylic acids is 1. The number of benzene rings is 3. The van der Waals surface area contributed by atoms with Gasteiger partial charge in [0.05, 0.1) is 39.8 Å². The number of carbonyl (C=O) groups is 1. The van der Waals surface area contributed by atoms with Gasteiger partial charge in [0, 0.05) is 78.6 Å². The number of H-pyrrole nitrogens is 1. The second kappa shape index (κ2) is 19.2. The summed E-state index contributed by atoms with van der Waals surface area (Å²) >= 11 is 6.26. The molecule has 0 spiro atoms. The van der Waals surface area contributed by atoms with Gasteiger partial charge in [-0.05, 0) is 96.7 Å². The molecule has 0 bridgehead atoms. The minimum absolute atomic E-state index is 0.0101. The highest BCUT2D eigenvalue weighted by atomic mass is 35.5. The van der Waals surface area contributed by atoms with E-state index in [9.17, 15) is 38.6 Å². The number of aromatic amines is 1. The van der Waals surface area contributed by atoms with E-state index in [1.807, 2.05) is 47.6 Å². The highest BCUT2D eigenvalue weighted by molar-refractivity contribution is 8.17. The van der Waals surface area contributed by atoms with Crippen molar-refractivity contribution in [2.24, 2.45) is 5.41 Å². The van der Waals surface area contributed by atoms with Crippen LogP contribution in [0.3, 0.4) is 0 Å². The van der Waals surface area contributed by atoms with Gasteiger partial charge in [-0.1, -0.05) is 43.2 Å². The summed E-state index contributed by atoms with van der Waals surface area (Å²) in [6.45, 7) is 9.18. The topological polar surface area (TPSA) is 227 Å². The molecular formula is C48H57ClN8O9S2. The third kappa shape index (κ3) is 9.88. The number of thiol groups is 1. The standard InChI is InChI=1S/C48H57ClN8O9S2/c1-48(2)14-12-31(36(25-48)29-4-6-32(49)7-5-29)27-54-16-18-55(19-17-54)33-8-10-35(38(23-33)56-20-21-66-47-40(56)22-30-13-15-50-45(30)52-47)46(61)53-68(64,65)34-9-11-37(39(24-34)57(62)63)51-26-42-44(60)43(59)41(58)28-67(42)3/h4-11,13,15,22-24,41-44,51,58-60,67H,12,14,16-21,25-28H2,1-3H3,(H,50,52)(H,53,61). The molecular weight excluding hydrogens is 932 g/mol. The predicted octanol–water partition coefficient (Wildman–Crippen LogP) is 6.07. The van der Waals surface area contributed by atoms with E-state index in [-0.39, 0.29) is 35.6 Å². The number of nitrogens with one attached hydrogen (secondary N) is 3. The fraction of sp³-hybridized carbons (Fsp3) is 0.417. The van der Waals surface area contributed by atoms with E-state index in [0.29, 0.717) is 29.4 Å². The quantitative estimate of drug-likeness (QED) is 0.0428. The van der Waals surface area contributed by atoms with Crippen LogP contribution in [0.2, 0.25) is 5.02 Å². The lowest BCUT2D eigenvalue weighted by Crippen LogP contribution is -2.52. The molecule has 1 aliphatic carbocycles. The van der Waals surface area contributed by atoms with E-state index >= 15 is 0 Å². The second-order valence-corrected chi connectivity index (χ2v) is 23.6. The van der Waals surface area contributed by atoms with E-state index in [2.05, 4.69) is 55.8 Å². The van der Waals surface area contributed by atoms with Crippen molar-refractivity contribution in [3.8, 4) is 5.88 Å². The van der Waals surface area contributed by atoms with Crippen molar-refractivity contribution in [2.45, 2.75) is 61.6 Å². The Morgan fingerprint density at radius 2 is 1.76 bits per heavy atom. The predicted molar refractivity (Wildman–Crippen MR) is 268 cm³/mol. The van der Waals surface area contributed by atoms with Crippen LogP contribution >= 0.6 is 22.5 Å². The van der Waals surface area contributed by atoms with Crippen LogP contribution in [0.25, 0.3) is 16.6 Å². The number of nitrogens with zero attached hydrogens (tertiary/aromatic N) is 5. The first-order valence-corrected chi connectivity index (χ1v) is 26.7. The number of aromatic nitrogens is 2. The van der Waals surface area contributed by atoms with E-state index in [0.717, 1.165) is 80.2 Å². The summed E-state index contributed by atoms with van der Waals surface area (Å²) < 4.78 is 36.1. The lowest BCUT2D eigenvalue weighted by Gasteiger charge is -2.42. The zero-order valence-electron chi connectivity index (χ0n) is 38.1. The number of sulfonamides is 1. The van der Waals surface area contributed by atoms with Gasteiger partial charge in [-0.3, -0.25) is 19.8 Å². The number of nitro groups is 1. The minimum atomic E-state index is -4.67. The third-order valence-electron chi connectivity index (χ3n) is 13.8. The van der Waals surface area contributed by atoms with Crippen molar-refractivity contribution in [2.75, 3.05) is 79.5 Å². The van der Waals surface area contributed by atoms with Crippen molar-refractivity contribution in [1.29, 1.82) is 0 Å². The summed E-state index contributed by atoms with van der Waals surface area (Å²) in [5, 5.41) is 47.3. The third-order valence-corrected chi connectivity index (χ3v) is 17.9. The van der Waals surface area contributed by atoms with Gasteiger partial charge in [-0.25, -0.2) is 24.0 Å². The van der Waals surface area contributed by atoms with Gasteiger partial charge in [-0.2, -0.15) is 4.98 Å². The van der Waals surface area contributed by atoms with Crippen LogP contribution in [0.15, 0.2) is 89.5 Å². The number of fused-ring (bicyclic) bond motifs is 2. The Balaban J connectivity index is 0.968. The Morgan fingerprint density at radius 1 is 1.00 bits per heavy atom. The number of anilines is 4. The molecule has 5 unspecified atom stereocenters. The number of aliphatic hydroxyl groups is 3. The first-order valence-electron chi connectivity index (χ1n) is 22.8. The largest absolute Gasteiger partial charge is 0.474 e. The molecule has 2 aromatic heterocycles. The molecule has 68 heavy (non-hydrogen) atoms. The van der Waals surface area contributed by atoms with Crippen LogP contribution in [-0.4, -0.2) is 137 Å². The van der Waals surface area contributed by atoms with Crippen molar-refractivity contribution in [3.05, 3.63) is 111 Å². The normalized spacial score (nSPS) is 23.8. The summed E-state index contributed by atoms with van der Waals surface area (Å²) in [6.07, 6.45) is 3.10. The maximum Gasteiger partial charge on any atom is 0.293 e. The molecule has 9 rings (SSSR count). The van der Waals surface area contributed by atoms with E-state index in [1.54, 1.807) is 12.3 Å². The monoisotopic (exact) mass is 988 g/mol. The maximum atomic E-state index is 14.4. The fourth-order valence-corrected chi connectivity index (χ4v) is 13.1. The molecule has 5 atom stereocenters. The van der Waals surface area contributed by atoms with Gasteiger partial charge in [-0.15, -0.1) is 0 Å². The molecule has 17 nitrogen and oxygen atoms in total. The maximum absolute atomic E-state index is 14.4. The molecule has 4 aliphatic rings. The smallest absolute Gasteiger partial charge is 0.293 e. The molecule has 20 heteroatoms. The van der Waals surface area contributed by atoms with Gasteiger partial charge in [0.15, 0.2) is 0 Å². The van der Waals surface area contributed by atoms with Crippen molar-refractivity contribution in [3.63, 3.8) is 0 Å². The van der Waals surface area contributed by atoms with Crippen LogP contribution in [0.1, 0.15) is 49.0 Å². The van der Waals surface area contributed by atoms with Crippen molar-refractivity contribution >= 4 is 83.5 Å². The summed E-state index contributed by atoms with van der Waals surface area (Å²) in [6, 6.07) is 20.5.